The molecule has 0 aliphatic rings. The van der Waals surface area contributed by atoms with E-state index in [0.29, 0.717) is 10.6 Å². The molecule has 0 aliphatic carbocycles. The number of alkyl halides is 3. The molecule has 2 aromatic heterocycles. The third-order valence-corrected chi connectivity index (χ3v) is 5.90. The van der Waals surface area contributed by atoms with Crippen LogP contribution < -0.4 is 10.6 Å². The molecule has 3 atom stereocenters. The molecule has 0 bridgehead atoms. The molecule has 8 nitrogen and oxygen atoms in total. The highest BCUT2D eigenvalue weighted by Gasteiger charge is 2.33. The number of aromatic nitrogens is 2. The van der Waals surface area contributed by atoms with Gasteiger partial charge < -0.3 is 20.2 Å². The van der Waals surface area contributed by atoms with Gasteiger partial charge in [0.25, 0.3) is 5.91 Å². The Morgan fingerprint density at radius 1 is 1.24 bits per heavy atom. The average Bonchev–Trinajstić information content (AvgIpc) is 3.48. The Morgan fingerprint density at radius 3 is 2.62 bits per heavy atom. The molecule has 2 amide bonds. The lowest BCUT2D eigenvalue weighted by Gasteiger charge is -2.25. The van der Waals surface area contributed by atoms with Crippen molar-refractivity contribution in [2.45, 2.75) is 44.1 Å². The van der Waals surface area contributed by atoms with Gasteiger partial charge in [0.1, 0.15) is 17.2 Å². The lowest BCUT2D eigenvalue weighted by atomic mass is 10.0. The molecule has 3 aromatic rings. The molecule has 34 heavy (non-hydrogen) atoms. The van der Waals surface area contributed by atoms with Crippen molar-refractivity contribution < 1.29 is 32.3 Å². The van der Waals surface area contributed by atoms with E-state index in [1.165, 1.54) is 13.1 Å². The van der Waals surface area contributed by atoms with Gasteiger partial charge >= 0.3 is 6.18 Å². The second kappa shape index (κ2) is 11.0. The van der Waals surface area contributed by atoms with Gasteiger partial charge in [0.2, 0.25) is 17.6 Å². The first-order valence-corrected chi connectivity index (χ1v) is 11.3. The van der Waals surface area contributed by atoms with Gasteiger partial charge in [0.15, 0.2) is 0 Å². The molecular weight excluding hydrogens is 497 g/mol. The summed E-state index contributed by atoms with van der Waals surface area (Å²) in [4.78, 5) is 33.0. The number of nitrogens with one attached hydrogen (secondary N) is 2. The van der Waals surface area contributed by atoms with Gasteiger partial charge in [-0.1, -0.05) is 23.7 Å². The van der Waals surface area contributed by atoms with Crippen molar-refractivity contribution in [2.24, 2.45) is 0 Å². The minimum atomic E-state index is -4.48. The van der Waals surface area contributed by atoms with E-state index in [2.05, 4.69) is 20.6 Å². The van der Waals surface area contributed by atoms with Crippen LogP contribution in [-0.2, 0) is 4.79 Å². The number of carbonyl (C=O) groups is 2. The van der Waals surface area contributed by atoms with Crippen LogP contribution in [-0.4, -0.2) is 45.1 Å². The fourth-order valence-corrected chi connectivity index (χ4v) is 3.86. The van der Waals surface area contributed by atoms with Crippen LogP contribution in [0.3, 0.4) is 0 Å². The van der Waals surface area contributed by atoms with Crippen LogP contribution in [0.25, 0.3) is 11.5 Å². The van der Waals surface area contributed by atoms with Crippen molar-refractivity contribution in [3.05, 3.63) is 57.8 Å². The number of benzene rings is 1. The fraction of sp³-hybridized carbons (Fsp3) is 0.333. The summed E-state index contributed by atoms with van der Waals surface area (Å²) in [5.41, 5.74) is 0.470. The standard InChI is InChI=1S/C21H20ClF3N4O4S/c1-11(28-18(32)15-10-27-19(33-15)12-4-2-3-5-13(12)22)17(31)29-14(6-7-21(23,24)25)16(30)20-26-8-9-34-20/h2-5,8-11,14,16,30H,6-7H2,1H3,(H,28,32)(H,29,31)/t11-,14-,16?/m0/s1. The SMILES string of the molecule is C[C@H](NC(=O)c1cnc(-c2ccccc2Cl)o1)C(=O)N[C@@H](CCC(F)(F)F)C(O)c1nccs1. The Balaban J connectivity index is 1.65. The summed E-state index contributed by atoms with van der Waals surface area (Å²) >= 11 is 7.14. The zero-order valence-corrected chi connectivity index (χ0v) is 19.2. The topological polar surface area (TPSA) is 117 Å². The van der Waals surface area contributed by atoms with Gasteiger partial charge in [-0.05, 0) is 25.5 Å². The highest BCUT2D eigenvalue weighted by Crippen LogP contribution is 2.28. The van der Waals surface area contributed by atoms with Crippen LogP contribution in [0.15, 0.2) is 46.5 Å². The lowest BCUT2D eigenvalue weighted by molar-refractivity contribution is -0.140. The van der Waals surface area contributed by atoms with Crippen molar-refractivity contribution in [2.75, 3.05) is 0 Å². The maximum atomic E-state index is 12.7. The Morgan fingerprint density at radius 2 is 1.97 bits per heavy atom. The first-order valence-electron chi connectivity index (χ1n) is 10.0. The molecule has 0 radical (unpaired) electrons. The van der Waals surface area contributed by atoms with Crippen molar-refractivity contribution >= 4 is 34.8 Å². The van der Waals surface area contributed by atoms with E-state index in [9.17, 15) is 27.9 Å². The summed E-state index contributed by atoms with van der Waals surface area (Å²) < 4.78 is 43.6. The maximum Gasteiger partial charge on any atom is 0.389 e. The number of rotatable bonds is 9. The van der Waals surface area contributed by atoms with Crippen LogP contribution in [0, 0.1) is 0 Å². The van der Waals surface area contributed by atoms with E-state index in [-0.39, 0.29) is 16.7 Å². The Kier molecular flexibility index (Phi) is 8.28. The Hall–Kier alpha value is -2.96. The van der Waals surface area contributed by atoms with E-state index in [4.69, 9.17) is 16.0 Å². The molecule has 2 heterocycles. The fourth-order valence-electron chi connectivity index (χ4n) is 2.96. The summed E-state index contributed by atoms with van der Waals surface area (Å²) in [5.74, 6) is -1.64. The normalized spacial score (nSPS) is 14.3. The Bertz CT molecular complexity index is 1120. The molecule has 0 saturated heterocycles. The molecule has 3 N–H and O–H groups in total. The summed E-state index contributed by atoms with van der Waals surface area (Å²) in [6.45, 7) is 1.34. The predicted molar refractivity (Wildman–Crippen MR) is 118 cm³/mol. The van der Waals surface area contributed by atoms with E-state index in [1.54, 1.807) is 29.6 Å². The summed E-state index contributed by atoms with van der Waals surface area (Å²) in [6.07, 6.45) is -5.15. The predicted octanol–water partition coefficient (Wildman–Crippen LogP) is 4.13. The molecule has 0 saturated carbocycles. The zero-order valence-electron chi connectivity index (χ0n) is 17.7. The van der Waals surface area contributed by atoms with Crippen molar-refractivity contribution in [3.63, 3.8) is 0 Å². The molecule has 13 heteroatoms. The van der Waals surface area contributed by atoms with Crippen LogP contribution >= 0.6 is 22.9 Å². The third-order valence-electron chi connectivity index (χ3n) is 4.73. The molecule has 0 fully saturated rings. The van der Waals surface area contributed by atoms with E-state index >= 15 is 0 Å². The van der Waals surface area contributed by atoms with Gasteiger partial charge in [0, 0.05) is 18.0 Å². The lowest BCUT2D eigenvalue weighted by Crippen LogP contribution is -2.49. The molecule has 1 aromatic carbocycles. The number of halogens is 4. The largest absolute Gasteiger partial charge is 0.431 e. The first kappa shape index (κ1) is 25.7. The second-order valence-electron chi connectivity index (χ2n) is 7.29. The van der Waals surface area contributed by atoms with Crippen molar-refractivity contribution in [3.8, 4) is 11.5 Å². The maximum absolute atomic E-state index is 12.7. The molecule has 0 spiro atoms. The quantitative estimate of drug-likeness (QED) is 0.393. The van der Waals surface area contributed by atoms with Gasteiger partial charge in [-0.3, -0.25) is 9.59 Å². The van der Waals surface area contributed by atoms with Gasteiger partial charge in [-0.2, -0.15) is 13.2 Å². The highest BCUT2D eigenvalue weighted by atomic mass is 35.5. The van der Waals surface area contributed by atoms with Gasteiger partial charge in [0.05, 0.1) is 22.8 Å². The zero-order chi connectivity index (χ0) is 24.9. The molecule has 0 aliphatic heterocycles. The van der Waals surface area contributed by atoms with Crippen LogP contribution in [0.2, 0.25) is 5.02 Å². The number of aliphatic hydroxyl groups excluding tert-OH is 1. The van der Waals surface area contributed by atoms with E-state index in [0.717, 1.165) is 17.5 Å². The number of aliphatic hydroxyl groups is 1. The number of carbonyl (C=O) groups excluding carboxylic acids is 2. The molecule has 1 unspecified atom stereocenters. The molecular formula is C21H20ClF3N4O4S. The van der Waals surface area contributed by atoms with E-state index < -0.39 is 49.0 Å². The van der Waals surface area contributed by atoms with E-state index in [1.807, 2.05) is 0 Å². The monoisotopic (exact) mass is 516 g/mol. The number of hydrogen-bond donors (Lipinski definition) is 3. The first-order chi connectivity index (χ1) is 16.0. The van der Waals surface area contributed by atoms with Crippen LogP contribution in [0.1, 0.15) is 41.4 Å². The number of amides is 2. The highest BCUT2D eigenvalue weighted by molar-refractivity contribution is 7.09. The summed E-state index contributed by atoms with van der Waals surface area (Å²) in [7, 11) is 0. The Labute approximate surface area is 201 Å². The molecule has 3 rings (SSSR count). The number of thiazole rings is 1. The minimum Gasteiger partial charge on any atom is -0.431 e. The number of oxazole rings is 1. The van der Waals surface area contributed by atoms with Crippen molar-refractivity contribution in [1.29, 1.82) is 0 Å². The summed E-state index contributed by atoms with van der Waals surface area (Å²) in [6, 6.07) is 4.29. The third kappa shape index (κ3) is 6.78. The number of nitrogens with zero attached hydrogens (tertiary/aromatic N) is 2. The summed E-state index contributed by atoms with van der Waals surface area (Å²) in [5, 5.41) is 17.3. The van der Waals surface area contributed by atoms with Crippen LogP contribution in [0.4, 0.5) is 13.2 Å². The number of hydrogen-bond acceptors (Lipinski definition) is 7. The van der Waals surface area contributed by atoms with Crippen molar-refractivity contribution in [1.82, 2.24) is 20.6 Å². The van der Waals surface area contributed by atoms with Crippen LogP contribution in [0.5, 0.6) is 0 Å². The molecule has 182 valence electrons. The second-order valence-corrected chi connectivity index (χ2v) is 8.62. The smallest absolute Gasteiger partial charge is 0.389 e. The average molecular weight is 517 g/mol. The van der Waals surface area contributed by atoms with Gasteiger partial charge in [-0.15, -0.1) is 11.3 Å². The minimum absolute atomic E-state index is 0.103. The van der Waals surface area contributed by atoms with Gasteiger partial charge in [-0.25, -0.2) is 9.97 Å².